The van der Waals surface area contributed by atoms with Crippen molar-refractivity contribution in [3.8, 4) is 0 Å². The second-order valence-corrected chi connectivity index (χ2v) is 5.08. The Balaban J connectivity index is 1.79. The van der Waals surface area contributed by atoms with Gasteiger partial charge >= 0.3 is 0 Å². The minimum absolute atomic E-state index is 0.0420. The first kappa shape index (κ1) is 14.1. The summed E-state index contributed by atoms with van der Waals surface area (Å²) in [5.74, 6) is 0.412. The maximum atomic E-state index is 12.4. The van der Waals surface area contributed by atoms with Crippen LogP contribution < -0.4 is 10.9 Å². The van der Waals surface area contributed by atoms with Crippen molar-refractivity contribution in [2.24, 2.45) is 7.05 Å². The molecule has 1 N–H and O–H groups in total. The lowest BCUT2D eigenvalue weighted by Crippen LogP contribution is -2.32. The Bertz CT molecular complexity index is 874. The van der Waals surface area contributed by atoms with E-state index in [1.54, 1.807) is 42.4 Å². The summed E-state index contributed by atoms with van der Waals surface area (Å²) < 4.78 is 8.06. The van der Waals surface area contributed by atoms with Crippen LogP contribution in [0.1, 0.15) is 11.5 Å². The highest BCUT2D eigenvalue weighted by atomic mass is 16.3. The summed E-state index contributed by atoms with van der Waals surface area (Å²) >= 11 is 0. The number of nitrogens with zero attached hydrogens (tertiary/aromatic N) is 3. The standard InChI is InChI=1S/C15H16N4O3/c1-10-12-5-6-19(15(21)14(12)18(2)17-10)9-13(20)16-8-11-4-3-7-22-11/h3-7H,8-9H2,1-2H3,(H,16,20). The summed E-state index contributed by atoms with van der Waals surface area (Å²) in [5.41, 5.74) is 1.07. The van der Waals surface area contributed by atoms with E-state index in [-0.39, 0.29) is 18.0 Å². The van der Waals surface area contributed by atoms with E-state index in [2.05, 4.69) is 10.4 Å². The molecule has 3 heterocycles. The van der Waals surface area contributed by atoms with Gasteiger partial charge in [0.1, 0.15) is 17.8 Å². The van der Waals surface area contributed by atoms with E-state index in [9.17, 15) is 9.59 Å². The van der Waals surface area contributed by atoms with Gasteiger partial charge in [-0.1, -0.05) is 0 Å². The topological polar surface area (TPSA) is 82.1 Å². The lowest BCUT2D eigenvalue weighted by atomic mass is 10.2. The van der Waals surface area contributed by atoms with E-state index in [0.717, 1.165) is 11.1 Å². The third-order valence-corrected chi connectivity index (χ3v) is 3.51. The number of carbonyl (C=O) groups is 1. The van der Waals surface area contributed by atoms with Gasteiger partial charge in [0.15, 0.2) is 0 Å². The number of nitrogens with one attached hydrogen (secondary N) is 1. The maximum absolute atomic E-state index is 12.4. The number of hydrogen-bond acceptors (Lipinski definition) is 4. The summed E-state index contributed by atoms with van der Waals surface area (Å²) in [6.45, 7) is 2.11. The normalized spacial score (nSPS) is 11.0. The molecule has 1 amide bonds. The third kappa shape index (κ3) is 2.52. The molecule has 0 radical (unpaired) electrons. The molecule has 0 fully saturated rings. The van der Waals surface area contributed by atoms with Crippen molar-refractivity contribution in [1.82, 2.24) is 19.7 Å². The molecule has 7 heteroatoms. The van der Waals surface area contributed by atoms with Crippen LogP contribution in [0.15, 0.2) is 39.9 Å². The van der Waals surface area contributed by atoms with Gasteiger partial charge < -0.3 is 14.3 Å². The summed E-state index contributed by atoms with van der Waals surface area (Å²) in [6.07, 6.45) is 3.16. The summed E-state index contributed by atoms with van der Waals surface area (Å²) in [6, 6.07) is 5.33. The monoisotopic (exact) mass is 300 g/mol. The minimum atomic E-state index is -0.253. The number of aromatic nitrogens is 3. The summed E-state index contributed by atoms with van der Waals surface area (Å²) in [4.78, 5) is 24.4. The summed E-state index contributed by atoms with van der Waals surface area (Å²) in [5, 5.41) is 7.75. The Hall–Kier alpha value is -2.83. The van der Waals surface area contributed by atoms with Crippen LogP contribution >= 0.6 is 0 Å². The number of aryl methyl sites for hydroxylation is 2. The van der Waals surface area contributed by atoms with E-state index in [0.29, 0.717) is 17.8 Å². The molecule has 0 spiro atoms. The molecular weight excluding hydrogens is 284 g/mol. The highest BCUT2D eigenvalue weighted by Gasteiger charge is 2.12. The number of pyridine rings is 1. The van der Waals surface area contributed by atoms with Crippen LogP contribution in [0.4, 0.5) is 0 Å². The van der Waals surface area contributed by atoms with Gasteiger partial charge in [-0.2, -0.15) is 5.10 Å². The van der Waals surface area contributed by atoms with Crippen LogP contribution in [-0.2, 0) is 24.9 Å². The predicted molar refractivity (Wildman–Crippen MR) is 80.3 cm³/mol. The lowest BCUT2D eigenvalue weighted by molar-refractivity contribution is -0.121. The first-order valence-electron chi connectivity index (χ1n) is 6.88. The smallest absolute Gasteiger partial charge is 0.277 e. The van der Waals surface area contributed by atoms with Gasteiger partial charge in [-0.25, -0.2) is 0 Å². The molecule has 0 bridgehead atoms. The van der Waals surface area contributed by atoms with Crippen LogP contribution in [0.25, 0.3) is 10.9 Å². The SMILES string of the molecule is Cc1nn(C)c2c(=O)n(CC(=O)NCc3ccco3)ccc12. The van der Waals surface area contributed by atoms with E-state index in [4.69, 9.17) is 4.42 Å². The third-order valence-electron chi connectivity index (χ3n) is 3.51. The Morgan fingerprint density at radius 1 is 1.41 bits per heavy atom. The largest absolute Gasteiger partial charge is 0.467 e. The molecule has 0 atom stereocenters. The number of carbonyl (C=O) groups excluding carboxylic acids is 1. The second-order valence-electron chi connectivity index (χ2n) is 5.08. The van der Waals surface area contributed by atoms with E-state index in [1.807, 2.05) is 6.92 Å². The van der Waals surface area contributed by atoms with Crippen molar-refractivity contribution in [1.29, 1.82) is 0 Å². The molecule has 22 heavy (non-hydrogen) atoms. The molecule has 0 aliphatic rings. The van der Waals surface area contributed by atoms with Crippen molar-refractivity contribution in [2.45, 2.75) is 20.0 Å². The molecule has 0 saturated carbocycles. The fourth-order valence-electron chi connectivity index (χ4n) is 2.43. The highest BCUT2D eigenvalue weighted by molar-refractivity contribution is 5.81. The van der Waals surface area contributed by atoms with Gasteiger partial charge in [-0.15, -0.1) is 0 Å². The number of furan rings is 1. The number of fused-ring (bicyclic) bond motifs is 1. The van der Waals surface area contributed by atoms with Crippen LogP contribution in [0.2, 0.25) is 0 Å². The Morgan fingerprint density at radius 3 is 2.95 bits per heavy atom. The molecule has 0 saturated heterocycles. The summed E-state index contributed by atoms with van der Waals surface area (Å²) in [7, 11) is 1.72. The molecule has 0 aromatic carbocycles. The van der Waals surface area contributed by atoms with E-state index >= 15 is 0 Å². The number of rotatable bonds is 4. The van der Waals surface area contributed by atoms with Crippen LogP contribution in [-0.4, -0.2) is 20.3 Å². The first-order chi connectivity index (χ1) is 10.6. The lowest BCUT2D eigenvalue weighted by Gasteiger charge is -2.07. The van der Waals surface area contributed by atoms with Gasteiger partial charge in [-0.3, -0.25) is 14.3 Å². The quantitative estimate of drug-likeness (QED) is 0.778. The van der Waals surface area contributed by atoms with Crippen molar-refractivity contribution in [3.63, 3.8) is 0 Å². The maximum Gasteiger partial charge on any atom is 0.277 e. The number of amides is 1. The van der Waals surface area contributed by atoms with E-state index < -0.39 is 0 Å². The zero-order valence-electron chi connectivity index (χ0n) is 12.4. The second kappa shape index (κ2) is 5.51. The Morgan fingerprint density at radius 2 is 2.23 bits per heavy atom. The van der Waals surface area contributed by atoms with E-state index in [1.165, 1.54) is 4.57 Å². The van der Waals surface area contributed by atoms with Crippen LogP contribution in [0.5, 0.6) is 0 Å². The Kier molecular flexibility index (Phi) is 3.54. The van der Waals surface area contributed by atoms with Crippen molar-refractivity contribution < 1.29 is 9.21 Å². The molecule has 114 valence electrons. The zero-order chi connectivity index (χ0) is 15.7. The molecule has 3 rings (SSSR count). The average Bonchev–Trinajstić information content (AvgIpc) is 3.08. The average molecular weight is 300 g/mol. The van der Waals surface area contributed by atoms with Crippen LogP contribution in [0, 0.1) is 6.92 Å². The van der Waals surface area contributed by atoms with Crippen molar-refractivity contribution >= 4 is 16.8 Å². The van der Waals surface area contributed by atoms with Gasteiger partial charge in [0.05, 0.1) is 18.5 Å². The van der Waals surface area contributed by atoms with Gasteiger partial charge in [0, 0.05) is 18.6 Å². The van der Waals surface area contributed by atoms with Gasteiger partial charge in [0.2, 0.25) is 5.91 Å². The fraction of sp³-hybridized carbons (Fsp3) is 0.267. The molecule has 0 unspecified atom stereocenters. The Labute approximate surface area is 126 Å². The molecular formula is C15H16N4O3. The molecule has 0 aliphatic carbocycles. The van der Waals surface area contributed by atoms with Crippen molar-refractivity contribution in [2.75, 3.05) is 0 Å². The zero-order valence-corrected chi connectivity index (χ0v) is 12.4. The highest BCUT2D eigenvalue weighted by Crippen LogP contribution is 2.12. The van der Waals surface area contributed by atoms with Crippen molar-refractivity contribution in [3.05, 3.63) is 52.5 Å². The first-order valence-corrected chi connectivity index (χ1v) is 6.88. The van der Waals surface area contributed by atoms with Crippen LogP contribution in [0.3, 0.4) is 0 Å². The predicted octanol–water partition coefficient (Wildman–Crippen LogP) is 0.953. The van der Waals surface area contributed by atoms with Gasteiger partial charge in [-0.05, 0) is 25.1 Å². The molecule has 3 aromatic heterocycles. The fourth-order valence-corrected chi connectivity index (χ4v) is 2.43. The minimum Gasteiger partial charge on any atom is -0.467 e. The number of hydrogen-bond donors (Lipinski definition) is 1. The molecule has 3 aromatic rings. The molecule has 0 aliphatic heterocycles. The molecule has 7 nitrogen and oxygen atoms in total. The van der Waals surface area contributed by atoms with Gasteiger partial charge in [0.25, 0.3) is 5.56 Å².